The number of carbonyl (C=O) groups is 1. The number of benzene rings is 2. The van der Waals surface area contributed by atoms with Gasteiger partial charge in [0, 0.05) is 24.0 Å². The van der Waals surface area contributed by atoms with Gasteiger partial charge in [-0.15, -0.1) is 0 Å². The monoisotopic (exact) mass is 352 g/mol. The van der Waals surface area contributed by atoms with Gasteiger partial charge in [0.1, 0.15) is 5.82 Å². The summed E-state index contributed by atoms with van der Waals surface area (Å²) < 4.78 is 13.3. The molecule has 2 aromatic carbocycles. The summed E-state index contributed by atoms with van der Waals surface area (Å²) in [5.41, 5.74) is 3.48. The van der Waals surface area contributed by atoms with E-state index < -0.39 is 5.97 Å². The van der Waals surface area contributed by atoms with E-state index in [0.717, 1.165) is 41.8 Å². The van der Waals surface area contributed by atoms with Gasteiger partial charge in [0.25, 0.3) is 0 Å². The van der Waals surface area contributed by atoms with E-state index in [9.17, 15) is 14.3 Å². The van der Waals surface area contributed by atoms with E-state index in [1.807, 2.05) is 6.07 Å². The fraction of sp³-hybridized carbons (Fsp3) is 0.238. The quantitative estimate of drug-likeness (QED) is 0.680. The van der Waals surface area contributed by atoms with Crippen LogP contribution in [0.1, 0.15) is 30.6 Å². The maximum absolute atomic E-state index is 13.3. The van der Waals surface area contributed by atoms with Crippen LogP contribution in [0.3, 0.4) is 0 Å². The lowest BCUT2D eigenvalue weighted by molar-refractivity contribution is 0.0697. The van der Waals surface area contributed by atoms with Crippen LogP contribution in [-0.2, 0) is 0 Å². The number of rotatable bonds is 6. The van der Waals surface area contributed by atoms with Gasteiger partial charge in [-0.25, -0.2) is 14.2 Å². The number of aromatic nitrogens is 1. The second-order valence-corrected chi connectivity index (χ2v) is 6.16. The van der Waals surface area contributed by atoms with E-state index in [-0.39, 0.29) is 11.4 Å². The molecule has 0 amide bonds. The van der Waals surface area contributed by atoms with Crippen molar-refractivity contribution in [3.05, 3.63) is 59.9 Å². The molecule has 0 saturated heterocycles. The van der Waals surface area contributed by atoms with Gasteiger partial charge in [-0.3, -0.25) is 0 Å². The summed E-state index contributed by atoms with van der Waals surface area (Å²) in [6.45, 7) is 5.84. The lowest BCUT2D eigenvalue weighted by Crippen LogP contribution is -2.24. The summed E-state index contributed by atoms with van der Waals surface area (Å²) in [6.07, 6.45) is 0.976. The smallest absolute Gasteiger partial charge is 0.335 e. The SMILES string of the molecule is CCCN(CC)c1cc2cc(C(=O)O)ccc2nc1-c1ccc(F)cc1. The first-order valence-corrected chi connectivity index (χ1v) is 8.72. The standard InChI is InChI=1S/C21H21FN2O2/c1-3-11-24(4-2)19-13-16-12-15(21(25)26)7-10-18(16)23-20(19)14-5-8-17(22)9-6-14/h5-10,12-13H,3-4,11H2,1-2H3,(H,25,26). The zero-order valence-electron chi connectivity index (χ0n) is 14.9. The van der Waals surface area contributed by atoms with Crippen molar-refractivity contribution < 1.29 is 14.3 Å². The number of fused-ring (bicyclic) bond motifs is 1. The van der Waals surface area contributed by atoms with Crippen LogP contribution in [0.15, 0.2) is 48.5 Å². The molecule has 5 heteroatoms. The lowest BCUT2D eigenvalue weighted by Gasteiger charge is -2.25. The van der Waals surface area contributed by atoms with E-state index in [4.69, 9.17) is 4.98 Å². The predicted molar refractivity (Wildman–Crippen MR) is 102 cm³/mol. The molecular weight excluding hydrogens is 331 g/mol. The third-order valence-electron chi connectivity index (χ3n) is 4.38. The molecule has 0 aliphatic heterocycles. The second-order valence-electron chi connectivity index (χ2n) is 6.16. The number of hydrogen-bond acceptors (Lipinski definition) is 3. The summed E-state index contributed by atoms with van der Waals surface area (Å²) in [7, 11) is 0. The van der Waals surface area contributed by atoms with Crippen LogP contribution < -0.4 is 4.90 Å². The summed E-state index contributed by atoms with van der Waals surface area (Å²) >= 11 is 0. The molecule has 134 valence electrons. The van der Waals surface area contributed by atoms with E-state index in [1.165, 1.54) is 12.1 Å². The molecule has 0 fully saturated rings. The zero-order chi connectivity index (χ0) is 18.7. The Morgan fingerprint density at radius 3 is 2.46 bits per heavy atom. The molecular formula is C21H21FN2O2. The first kappa shape index (κ1) is 17.9. The van der Waals surface area contributed by atoms with Gasteiger partial charge in [-0.1, -0.05) is 6.92 Å². The van der Waals surface area contributed by atoms with E-state index in [2.05, 4.69) is 18.7 Å². The second kappa shape index (κ2) is 7.52. The zero-order valence-corrected chi connectivity index (χ0v) is 14.9. The average Bonchev–Trinajstić information content (AvgIpc) is 2.65. The molecule has 3 aromatic rings. The van der Waals surface area contributed by atoms with Gasteiger partial charge >= 0.3 is 5.97 Å². The van der Waals surface area contributed by atoms with Crippen molar-refractivity contribution in [1.82, 2.24) is 4.98 Å². The Morgan fingerprint density at radius 1 is 1.12 bits per heavy atom. The highest BCUT2D eigenvalue weighted by Crippen LogP contribution is 2.33. The van der Waals surface area contributed by atoms with Crippen molar-refractivity contribution in [3.63, 3.8) is 0 Å². The third-order valence-corrected chi connectivity index (χ3v) is 4.38. The Balaban J connectivity index is 2.24. The predicted octanol–water partition coefficient (Wildman–Crippen LogP) is 4.98. The number of hydrogen-bond donors (Lipinski definition) is 1. The lowest BCUT2D eigenvalue weighted by atomic mass is 10.0. The maximum Gasteiger partial charge on any atom is 0.335 e. The highest BCUT2D eigenvalue weighted by atomic mass is 19.1. The van der Waals surface area contributed by atoms with E-state index >= 15 is 0 Å². The largest absolute Gasteiger partial charge is 0.478 e. The number of nitrogens with zero attached hydrogens (tertiary/aromatic N) is 2. The molecule has 1 N–H and O–H groups in total. The molecule has 0 spiro atoms. The highest BCUT2D eigenvalue weighted by Gasteiger charge is 2.15. The van der Waals surface area contributed by atoms with Crippen LogP contribution in [-0.4, -0.2) is 29.1 Å². The van der Waals surface area contributed by atoms with Gasteiger partial charge in [-0.2, -0.15) is 0 Å². The topological polar surface area (TPSA) is 53.4 Å². The summed E-state index contributed by atoms with van der Waals surface area (Å²) in [5, 5.41) is 10.0. The van der Waals surface area contributed by atoms with Crippen LogP contribution >= 0.6 is 0 Å². The minimum absolute atomic E-state index is 0.235. The number of pyridine rings is 1. The molecule has 1 heterocycles. The number of anilines is 1. The third kappa shape index (κ3) is 3.52. The molecule has 0 unspecified atom stereocenters. The molecule has 4 nitrogen and oxygen atoms in total. The number of carboxylic acids is 1. The summed E-state index contributed by atoms with van der Waals surface area (Å²) in [4.78, 5) is 18.3. The minimum Gasteiger partial charge on any atom is -0.478 e. The van der Waals surface area contributed by atoms with Crippen LogP contribution in [0.4, 0.5) is 10.1 Å². The Kier molecular flexibility index (Phi) is 5.16. The maximum atomic E-state index is 13.3. The first-order chi connectivity index (χ1) is 12.5. The molecule has 3 rings (SSSR count). The van der Waals surface area contributed by atoms with Gasteiger partial charge in [0.05, 0.1) is 22.5 Å². The van der Waals surface area contributed by atoms with Crippen LogP contribution in [0.25, 0.3) is 22.2 Å². The highest BCUT2D eigenvalue weighted by molar-refractivity contribution is 5.96. The fourth-order valence-corrected chi connectivity index (χ4v) is 3.08. The normalized spacial score (nSPS) is 10.9. The minimum atomic E-state index is -0.961. The molecule has 0 bridgehead atoms. The average molecular weight is 352 g/mol. The van der Waals surface area contributed by atoms with Gasteiger partial charge in [0.2, 0.25) is 0 Å². The molecule has 0 saturated carbocycles. The number of carboxylic acid groups (broad SMARTS) is 1. The molecule has 1 aromatic heterocycles. The van der Waals surface area contributed by atoms with Gasteiger partial charge < -0.3 is 10.0 Å². The fourth-order valence-electron chi connectivity index (χ4n) is 3.08. The Hall–Kier alpha value is -2.95. The van der Waals surface area contributed by atoms with Gasteiger partial charge in [-0.05, 0) is 61.9 Å². The number of aromatic carboxylic acids is 1. The van der Waals surface area contributed by atoms with E-state index in [1.54, 1.807) is 30.3 Å². The molecule has 26 heavy (non-hydrogen) atoms. The molecule has 0 atom stereocenters. The van der Waals surface area contributed by atoms with Crippen molar-refractivity contribution in [3.8, 4) is 11.3 Å². The Bertz CT molecular complexity index is 939. The summed E-state index contributed by atoms with van der Waals surface area (Å²) in [5.74, 6) is -1.25. The van der Waals surface area contributed by atoms with Crippen molar-refractivity contribution in [2.75, 3.05) is 18.0 Å². The van der Waals surface area contributed by atoms with Crippen LogP contribution in [0.5, 0.6) is 0 Å². The van der Waals surface area contributed by atoms with Crippen molar-refractivity contribution >= 4 is 22.6 Å². The van der Waals surface area contributed by atoms with E-state index in [0.29, 0.717) is 5.52 Å². The Morgan fingerprint density at radius 2 is 1.85 bits per heavy atom. The summed E-state index contributed by atoms with van der Waals surface area (Å²) in [6, 6.07) is 13.2. The molecule has 0 aliphatic rings. The van der Waals surface area contributed by atoms with Crippen molar-refractivity contribution in [2.45, 2.75) is 20.3 Å². The number of halogens is 1. The van der Waals surface area contributed by atoms with Gasteiger partial charge in [0.15, 0.2) is 0 Å². The molecule has 0 radical (unpaired) electrons. The first-order valence-electron chi connectivity index (χ1n) is 8.72. The van der Waals surface area contributed by atoms with Crippen molar-refractivity contribution in [2.24, 2.45) is 0 Å². The van der Waals surface area contributed by atoms with Crippen LogP contribution in [0, 0.1) is 5.82 Å². The van der Waals surface area contributed by atoms with Crippen molar-refractivity contribution in [1.29, 1.82) is 0 Å². The molecule has 0 aliphatic carbocycles. The Labute approximate surface area is 151 Å². The van der Waals surface area contributed by atoms with Crippen LogP contribution in [0.2, 0.25) is 0 Å².